The minimum Gasteiger partial charge on any atom is -0.318 e. The van der Waals surface area contributed by atoms with Crippen LogP contribution in [0.1, 0.15) is 24.4 Å². The number of urea groups is 1. The number of amides is 2. The number of rotatable bonds is 4. The molecule has 0 fully saturated rings. The fraction of sp³-hybridized carbons (Fsp3) is 0.138. The van der Waals surface area contributed by atoms with Gasteiger partial charge in [-0.25, -0.2) is 9.78 Å². The molecule has 1 aromatic heterocycles. The third kappa shape index (κ3) is 4.15. The molecule has 0 bridgehead atoms. The molecule has 0 spiro atoms. The number of anilines is 1. The zero-order valence-electron chi connectivity index (χ0n) is 19.9. The summed E-state index contributed by atoms with van der Waals surface area (Å²) in [6.45, 7) is 3.86. The van der Waals surface area contributed by atoms with Crippen molar-refractivity contribution in [2.45, 2.75) is 19.9 Å². The van der Waals surface area contributed by atoms with Gasteiger partial charge in [-0.2, -0.15) is 0 Å². The van der Waals surface area contributed by atoms with Gasteiger partial charge < -0.3 is 10.2 Å². The minimum absolute atomic E-state index is 0.161. The maximum Gasteiger partial charge on any atom is 0.322 e. The molecule has 5 rings (SSSR count). The quantitative estimate of drug-likeness (QED) is 0.352. The maximum atomic E-state index is 13.6. The predicted octanol–water partition coefficient (Wildman–Crippen LogP) is 6.07. The van der Waals surface area contributed by atoms with Gasteiger partial charge >= 0.3 is 6.03 Å². The van der Waals surface area contributed by atoms with Crippen LogP contribution in [0.4, 0.5) is 10.5 Å². The number of aryl methyl sites for hydroxylation is 1. The highest BCUT2D eigenvalue weighted by Gasteiger charge is 2.24. The summed E-state index contributed by atoms with van der Waals surface area (Å²) in [7, 11) is 1.72. The molecule has 4 aromatic carbocycles. The van der Waals surface area contributed by atoms with Crippen molar-refractivity contribution < 1.29 is 4.79 Å². The van der Waals surface area contributed by atoms with Crippen LogP contribution in [0.5, 0.6) is 0 Å². The van der Waals surface area contributed by atoms with E-state index in [-0.39, 0.29) is 11.6 Å². The summed E-state index contributed by atoms with van der Waals surface area (Å²) >= 11 is 0. The summed E-state index contributed by atoms with van der Waals surface area (Å²) in [6.07, 6.45) is 0. The summed E-state index contributed by atoms with van der Waals surface area (Å²) in [4.78, 5) is 33.3. The number of para-hydroxylation sites is 1. The van der Waals surface area contributed by atoms with E-state index in [4.69, 9.17) is 4.98 Å². The average molecular weight is 463 g/mol. The number of aromatic nitrogens is 2. The number of benzene rings is 4. The molecular weight excluding hydrogens is 436 g/mol. The summed E-state index contributed by atoms with van der Waals surface area (Å²) in [5.74, 6) is 0.495. The Labute approximate surface area is 203 Å². The molecule has 0 aliphatic heterocycles. The van der Waals surface area contributed by atoms with E-state index in [0.29, 0.717) is 16.7 Å². The van der Waals surface area contributed by atoms with E-state index < -0.39 is 6.04 Å². The molecule has 35 heavy (non-hydrogen) atoms. The monoisotopic (exact) mass is 462 g/mol. The Bertz CT molecular complexity index is 1620. The number of nitrogens with one attached hydrogen (secondary N) is 1. The number of nitrogens with zero attached hydrogens (tertiary/aromatic N) is 3. The minimum atomic E-state index is -0.484. The second kappa shape index (κ2) is 9.06. The van der Waals surface area contributed by atoms with Gasteiger partial charge in [-0.1, -0.05) is 60.7 Å². The van der Waals surface area contributed by atoms with Gasteiger partial charge in [0.25, 0.3) is 5.56 Å². The molecule has 6 nitrogen and oxygen atoms in total. The number of carbonyl (C=O) groups excluding carboxylic acids is 1. The molecule has 6 heteroatoms. The molecule has 5 aromatic rings. The van der Waals surface area contributed by atoms with E-state index in [0.717, 1.165) is 27.7 Å². The third-order valence-electron chi connectivity index (χ3n) is 6.37. The Balaban J connectivity index is 1.57. The average Bonchev–Trinajstić information content (AvgIpc) is 2.88. The van der Waals surface area contributed by atoms with Crippen molar-refractivity contribution >= 4 is 33.4 Å². The van der Waals surface area contributed by atoms with Crippen LogP contribution < -0.4 is 10.9 Å². The van der Waals surface area contributed by atoms with Gasteiger partial charge in [-0.3, -0.25) is 9.36 Å². The first-order chi connectivity index (χ1) is 16.9. The van der Waals surface area contributed by atoms with E-state index in [1.54, 1.807) is 22.6 Å². The summed E-state index contributed by atoms with van der Waals surface area (Å²) < 4.78 is 1.61. The Morgan fingerprint density at radius 1 is 0.914 bits per heavy atom. The van der Waals surface area contributed by atoms with Gasteiger partial charge in [0.05, 0.1) is 28.3 Å². The number of hydrogen-bond acceptors (Lipinski definition) is 3. The summed E-state index contributed by atoms with van der Waals surface area (Å²) in [5, 5.41) is 5.57. The van der Waals surface area contributed by atoms with Crippen LogP contribution in [-0.4, -0.2) is 27.5 Å². The number of fused-ring (bicyclic) bond motifs is 2. The Morgan fingerprint density at radius 3 is 2.40 bits per heavy atom. The molecule has 0 aliphatic carbocycles. The Kier molecular flexibility index (Phi) is 5.79. The largest absolute Gasteiger partial charge is 0.322 e. The summed E-state index contributed by atoms with van der Waals surface area (Å²) in [5.41, 5.74) is 2.92. The predicted molar refractivity (Wildman–Crippen MR) is 141 cm³/mol. The summed E-state index contributed by atoms with van der Waals surface area (Å²) in [6, 6.07) is 28.0. The molecule has 174 valence electrons. The second-order valence-corrected chi connectivity index (χ2v) is 8.71. The number of carbonyl (C=O) groups is 1. The molecule has 1 heterocycles. The second-order valence-electron chi connectivity index (χ2n) is 8.71. The fourth-order valence-corrected chi connectivity index (χ4v) is 4.33. The van der Waals surface area contributed by atoms with Crippen molar-refractivity contribution in [3.63, 3.8) is 0 Å². The maximum absolute atomic E-state index is 13.6. The SMILES string of the molecule is Cc1cccc(-n2c(C(C)N(C)C(=O)Nc3cccc4ccccc34)nc3ccccc3c2=O)c1. The normalized spacial score (nSPS) is 12.0. The first-order valence-electron chi connectivity index (χ1n) is 11.5. The Hall–Kier alpha value is -4.45. The zero-order chi connectivity index (χ0) is 24.5. The first kappa shape index (κ1) is 22.3. The molecule has 1 atom stereocenters. The standard InChI is InChI=1S/C29H26N4O2/c1-19-10-8-13-22(18-19)33-27(30-26-16-7-6-15-24(26)28(33)34)20(2)32(3)29(35)31-25-17-9-12-21-11-4-5-14-23(21)25/h4-18,20H,1-3H3,(H,31,35). The lowest BCUT2D eigenvalue weighted by Crippen LogP contribution is -2.37. The van der Waals surface area contributed by atoms with E-state index in [1.807, 2.05) is 98.8 Å². The molecule has 0 radical (unpaired) electrons. The van der Waals surface area contributed by atoms with Crippen LogP contribution in [0.15, 0.2) is 95.8 Å². The molecule has 1 N–H and O–H groups in total. The lowest BCUT2D eigenvalue weighted by Gasteiger charge is -2.27. The zero-order valence-corrected chi connectivity index (χ0v) is 19.9. The highest BCUT2D eigenvalue weighted by molar-refractivity contribution is 6.01. The first-order valence-corrected chi connectivity index (χ1v) is 11.5. The fourth-order valence-electron chi connectivity index (χ4n) is 4.33. The van der Waals surface area contributed by atoms with Crippen LogP contribution in [0.25, 0.3) is 27.4 Å². The van der Waals surface area contributed by atoms with E-state index in [1.165, 1.54) is 0 Å². The molecule has 0 saturated heterocycles. The van der Waals surface area contributed by atoms with Crippen molar-refractivity contribution in [3.8, 4) is 5.69 Å². The van der Waals surface area contributed by atoms with E-state index >= 15 is 0 Å². The molecule has 2 amide bonds. The van der Waals surface area contributed by atoms with Crippen LogP contribution in [0.2, 0.25) is 0 Å². The van der Waals surface area contributed by atoms with Crippen molar-refractivity contribution in [1.29, 1.82) is 0 Å². The topological polar surface area (TPSA) is 67.2 Å². The third-order valence-corrected chi connectivity index (χ3v) is 6.37. The van der Waals surface area contributed by atoms with Gasteiger partial charge in [0.1, 0.15) is 5.82 Å². The molecule has 1 unspecified atom stereocenters. The highest BCUT2D eigenvalue weighted by Crippen LogP contribution is 2.26. The van der Waals surface area contributed by atoms with Crippen molar-refractivity contribution in [3.05, 3.63) is 113 Å². The van der Waals surface area contributed by atoms with E-state index in [9.17, 15) is 9.59 Å². The Morgan fingerprint density at radius 2 is 1.60 bits per heavy atom. The van der Waals surface area contributed by atoms with Gasteiger partial charge in [-0.05, 0) is 55.1 Å². The van der Waals surface area contributed by atoms with Gasteiger partial charge in [0.2, 0.25) is 0 Å². The molecule has 0 aliphatic rings. The van der Waals surface area contributed by atoms with Crippen molar-refractivity contribution in [1.82, 2.24) is 14.5 Å². The van der Waals surface area contributed by atoms with Gasteiger partial charge in [0.15, 0.2) is 0 Å². The van der Waals surface area contributed by atoms with E-state index in [2.05, 4.69) is 5.32 Å². The van der Waals surface area contributed by atoms with Crippen LogP contribution in [0, 0.1) is 6.92 Å². The lowest BCUT2D eigenvalue weighted by molar-refractivity contribution is 0.205. The van der Waals surface area contributed by atoms with Gasteiger partial charge in [-0.15, -0.1) is 0 Å². The van der Waals surface area contributed by atoms with Crippen LogP contribution in [-0.2, 0) is 0 Å². The smallest absolute Gasteiger partial charge is 0.318 e. The highest BCUT2D eigenvalue weighted by atomic mass is 16.2. The lowest BCUT2D eigenvalue weighted by atomic mass is 10.1. The van der Waals surface area contributed by atoms with Gasteiger partial charge in [0, 0.05) is 12.4 Å². The molecular formula is C29H26N4O2. The molecule has 0 saturated carbocycles. The van der Waals surface area contributed by atoms with Crippen LogP contribution in [0.3, 0.4) is 0 Å². The van der Waals surface area contributed by atoms with Crippen molar-refractivity contribution in [2.75, 3.05) is 12.4 Å². The van der Waals surface area contributed by atoms with Crippen LogP contribution >= 0.6 is 0 Å². The number of hydrogen-bond donors (Lipinski definition) is 1. The van der Waals surface area contributed by atoms with Crippen molar-refractivity contribution in [2.24, 2.45) is 0 Å².